The van der Waals surface area contributed by atoms with Gasteiger partial charge in [-0.15, -0.1) is 0 Å². The minimum Gasteiger partial charge on any atom is -0.481 e. The van der Waals surface area contributed by atoms with Gasteiger partial charge >= 0.3 is 12.1 Å². The first-order valence-corrected chi connectivity index (χ1v) is 11.0. The quantitative estimate of drug-likeness (QED) is 0.317. The first kappa shape index (κ1) is 27.9. The fourth-order valence-corrected chi connectivity index (χ4v) is 2.95. The molecule has 0 spiro atoms. The molecule has 4 amide bonds. The lowest BCUT2D eigenvalue weighted by Crippen LogP contribution is -2.34. The van der Waals surface area contributed by atoms with Gasteiger partial charge in [0.05, 0.1) is 12.1 Å². The van der Waals surface area contributed by atoms with Gasteiger partial charge in [0.15, 0.2) is 5.82 Å². The zero-order valence-electron chi connectivity index (χ0n) is 20.8. The van der Waals surface area contributed by atoms with Gasteiger partial charge in [0.2, 0.25) is 11.7 Å². The second-order valence-electron chi connectivity index (χ2n) is 8.87. The molecule has 2 aromatic heterocycles. The molecule has 0 aliphatic carbocycles. The van der Waals surface area contributed by atoms with Gasteiger partial charge in [0.1, 0.15) is 11.3 Å². The molecule has 36 heavy (non-hydrogen) atoms. The van der Waals surface area contributed by atoms with Crippen molar-refractivity contribution < 1.29 is 33.8 Å². The summed E-state index contributed by atoms with van der Waals surface area (Å²) in [4.78, 5) is 63.4. The van der Waals surface area contributed by atoms with Gasteiger partial charge in [-0.25, -0.2) is 9.78 Å². The maximum Gasteiger partial charge on any atom is 0.407 e. The number of hydrogen-bond acceptors (Lipinski definition) is 7. The molecule has 2 rings (SSSR count). The summed E-state index contributed by atoms with van der Waals surface area (Å²) in [6.45, 7) is 5.22. The van der Waals surface area contributed by atoms with Crippen molar-refractivity contribution >= 4 is 41.3 Å². The zero-order chi connectivity index (χ0) is 27.0. The molecule has 14 heteroatoms. The third kappa shape index (κ3) is 8.77. The molecule has 14 nitrogen and oxygen atoms in total. The molecule has 0 fully saturated rings. The number of ether oxygens (including phenoxy) is 1. The van der Waals surface area contributed by atoms with Crippen LogP contribution in [0.25, 0.3) is 0 Å². The van der Waals surface area contributed by atoms with Crippen molar-refractivity contribution in [2.24, 2.45) is 14.1 Å². The average molecular weight is 506 g/mol. The van der Waals surface area contributed by atoms with Crippen molar-refractivity contribution in [3.05, 3.63) is 30.0 Å². The molecule has 0 aliphatic heterocycles. The van der Waals surface area contributed by atoms with E-state index in [1.54, 1.807) is 41.1 Å². The van der Waals surface area contributed by atoms with Gasteiger partial charge in [-0.2, -0.15) is 0 Å². The van der Waals surface area contributed by atoms with Gasteiger partial charge in [-0.05, 0) is 26.8 Å². The summed E-state index contributed by atoms with van der Waals surface area (Å²) in [5.74, 6) is -2.41. The number of nitrogens with zero attached hydrogens (tertiary/aromatic N) is 3. The predicted octanol–water partition coefficient (Wildman–Crippen LogP) is 1.07. The molecule has 0 unspecified atom stereocenters. The monoisotopic (exact) mass is 505 g/mol. The van der Waals surface area contributed by atoms with Gasteiger partial charge in [-0.3, -0.25) is 19.2 Å². The summed E-state index contributed by atoms with van der Waals surface area (Å²) in [5.41, 5.74) is -0.0433. The number of aryl methyl sites for hydroxylation is 2. The van der Waals surface area contributed by atoms with Crippen LogP contribution in [-0.2, 0) is 28.4 Å². The Balaban J connectivity index is 1.91. The molecule has 5 N–H and O–H groups in total. The molecule has 0 aromatic carbocycles. The lowest BCUT2D eigenvalue weighted by molar-refractivity contribution is -0.136. The Morgan fingerprint density at radius 2 is 1.61 bits per heavy atom. The van der Waals surface area contributed by atoms with Gasteiger partial charge in [0.25, 0.3) is 11.8 Å². The predicted molar refractivity (Wildman–Crippen MR) is 129 cm³/mol. The Morgan fingerprint density at radius 3 is 2.25 bits per heavy atom. The van der Waals surface area contributed by atoms with Crippen LogP contribution in [-0.4, -0.2) is 67.7 Å². The minimum absolute atomic E-state index is 0.000901. The number of carbonyl (C=O) groups excluding carboxylic acids is 4. The van der Waals surface area contributed by atoms with Crippen LogP contribution in [0, 0.1) is 0 Å². The number of carboxylic acids is 1. The van der Waals surface area contributed by atoms with E-state index >= 15 is 0 Å². The van der Waals surface area contributed by atoms with Crippen molar-refractivity contribution in [2.75, 3.05) is 23.7 Å². The first-order chi connectivity index (χ1) is 16.7. The number of aliphatic carboxylic acids is 1. The van der Waals surface area contributed by atoms with E-state index in [0.29, 0.717) is 5.69 Å². The lowest BCUT2D eigenvalue weighted by Gasteiger charge is -2.19. The summed E-state index contributed by atoms with van der Waals surface area (Å²) in [5, 5.41) is 18.8. The van der Waals surface area contributed by atoms with Gasteiger partial charge in [0, 0.05) is 46.0 Å². The number of amides is 4. The number of aromatic nitrogens is 3. The van der Waals surface area contributed by atoms with E-state index in [1.165, 1.54) is 21.4 Å². The Labute approximate surface area is 207 Å². The largest absolute Gasteiger partial charge is 0.481 e. The molecule has 0 saturated heterocycles. The highest BCUT2D eigenvalue weighted by Gasteiger charge is 2.19. The second-order valence-corrected chi connectivity index (χ2v) is 8.87. The van der Waals surface area contributed by atoms with Gasteiger partial charge < -0.3 is 40.2 Å². The van der Waals surface area contributed by atoms with E-state index in [1.807, 2.05) is 0 Å². The smallest absolute Gasteiger partial charge is 0.407 e. The number of carbonyl (C=O) groups is 5. The van der Waals surface area contributed by atoms with Crippen LogP contribution < -0.4 is 21.3 Å². The fraction of sp³-hybridized carbons (Fsp3) is 0.455. The average Bonchev–Trinajstić information content (AvgIpc) is 3.27. The maximum atomic E-state index is 12.7. The minimum atomic E-state index is -1.04. The summed E-state index contributed by atoms with van der Waals surface area (Å²) >= 11 is 0. The van der Waals surface area contributed by atoms with E-state index in [2.05, 4.69) is 26.3 Å². The van der Waals surface area contributed by atoms with E-state index in [0.717, 1.165) is 0 Å². The fourth-order valence-electron chi connectivity index (χ4n) is 2.95. The number of alkyl carbamates (subject to hydrolysis) is 1. The number of nitrogens with one attached hydrogen (secondary N) is 4. The van der Waals surface area contributed by atoms with Crippen molar-refractivity contribution in [2.45, 2.75) is 39.2 Å². The summed E-state index contributed by atoms with van der Waals surface area (Å²) in [6, 6.07) is 1.47. The highest BCUT2D eigenvalue weighted by molar-refractivity contribution is 6.04. The lowest BCUT2D eigenvalue weighted by atomic mass is 10.2. The summed E-state index contributed by atoms with van der Waals surface area (Å²) < 4.78 is 8.00. The van der Waals surface area contributed by atoms with E-state index < -0.39 is 29.5 Å². The van der Waals surface area contributed by atoms with Crippen LogP contribution in [0.15, 0.2) is 18.5 Å². The van der Waals surface area contributed by atoms with E-state index in [9.17, 15) is 24.0 Å². The number of anilines is 2. The SMILES string of the molecule is Cn1cc(NC(=O)CCNC(=O)OC(C)(C)C)cc1C(=O)Nc1cn(C)c(C(=O)NCCC(=O)O)n1. The highest BCUT2D eigenvalue weighted by atomic mass is 16.6. The Bertz CT molecular complexity index is 1140. The summed E-state index contributed by atoms with van der Waals surface area (Å²) in [7, 11) is 3.18. The second kappa shape index (κ2) is 11.9. The van der Waals surface area contributed by atoms with Crippen LogP contribution in [0.5, 0.6) is 0 Å². The molecule has 2 aromatic rings. The number of hydrogen-bond donors (Lipinski definition) is 5. The topological polar surface area (TPSA) is 186 Å². The zero-order valence-corrected chi connectivity index (χ0v) is 20.8. The van der Waals surface area contributed by atoms with Gasteiger partial charge in [-0.1, -0.05) is 0 Å². The molecule has 2 heterocycles. The van der Waals surface area contributed by atoms with Crippen LogP contribution in [0.2, 0.25) is 0 Å². The van der Waals surface area contributed by atoms with E-state index in [4.69, 9.17) is 9.84 Å². The highest BCUT2D eigenvalue weighted by Crippen LogP contribution is 2.16. The van der Waals surface area contributed by atoms with E-state index in [-0.39, 0.29) is 49.2 Å². The van der Waals surface area contributed by atoms with Crippen molar-refractivity contribution in [3.8, 4) is 0 Å². The molecule has 0 saturated carbocycles. The molecule has 196 valence electrons. The Kier molecular flexibility index (Phi) is 9.19. The Morgan fingerprint density at radius 1 is 0.944 bits per heavy atom. The number of rotatable bonds is 10. The third-order valence-corrected chi connectivity index (χ3v) is 4.49. The maximum absolute atomic E-state index is 12.7. The molecular weight excluding hydrogens is 474 g/mol. The molecule has 0 radical (unpaired) electrons. The standard InChI is InChI=1S/C22H31N7O7/c1-22(2,3)36-21(35)24-8-6-16(30)25-13-10-14(28(4)11-13)19(33)27-15-12-29(5)18(26-15)20(34)23-9-7-17(31)32/h10-12H,6-9H2,1-5H3,(H,23,34)(H,24,35)(H,25,30)(H,27,33)(H,31,32). The molecule has 0 atom stereocenters. The summed E-state index contributed by atoms with van der Waals surface area (Å²) in [6.07, 6.45) is 2.14. The van der Waals surface area contributed by atoms with Crippen LogP contribution in [0.3, 0.4) is 0 Å². The van der Waals surface area contributed by atoms with Crippen molar-refractivity contribution in [3.63, 3.8) is 0 Å². The first-order valence-electron chi connectivity index (χ1n) is 11.0. The van der Waals surface area contributed by atoms with Crippen molar-refractivity contribution in [1.82, 2.24) is 24.8 Å². The molecule has 0 bridgehead atoms. The van der Waals surface area contributed by atoms with Crippen LogP contribution in [0.1, 0.15) is 54.7 Å². The van der Waals surface area contributed by atoms with Crippen LogP contribution in [0.4, 0.5) is 16.3 Å². The molecule has 0 aliphatic rings. The Hall–Kier alpha value is -4.36. The molecular formula is C22H31N7O7. The normalized spacial score (nSPS) is 10.9. The number of carboxylic acid groups (broad SMARTS) is 1. The van der Waals surface area contributed by atoms with Crippen LogP contribution >= 0.6 is 0 Å². The third-order valence-electron chi connectivity index (χ3n) is 4.49. The number of imidazole rings is 1. The van der Waals surface area contributed by atoms with Crippen molar-refractivity contribution in [1.29, 1.82) is 0 Å².